The van der Waals surface area contributed by atoms with Crippen molar-refractivity contribution in [3.05, 3.63) is 81.3 Å². The van der Waals surface area contributed by atoms with Gasteiger partial charge in [-0.1, -0.05) is 24.3 Å². The number of rotatable bonds is 2. The van der Waals surface area contributed by atoms with E-state index in [4.69, 9.17) is 9.15 Å². The lowest BCUT2D eigenvalue weighted by Gasteiger charge is -2.27. The highest BCUT2D eigenvalue weighted by Gasteiger charge is 2.35. The smallest absolute Gasteiger partial charge is 0.342 e. The van der Waals surface area contributed by atoms with E-state index in [0.29, 0.717) is 11.1 Å². The summed E-state index contributed by atoms with van der Waals surface area (Å²) in [5, 5.41) is 11.6. The molecule has 0 spiro atoms. The van der Waals surface area contributed by atoms with Gasteiger partial charge in [-0.25, -0.2) is 4.79 Å². The van der Waals surface area contributed by atoms with Crippen molar-refractivity contribution in [1.82, 2.24) is 10.2 Å². The fourth-order valence-electron chi connectivity index (χ4n) is 3.84. The summed E-state index contributed by atoms with van der Waals surface area (Å²) in [6.45, 7) is 1.96. The van der Waals surface area contributed by atoms with Gasteiger partial charge in [0.15, 0.2) is 5.82 Å². The molecule has 0 aliphatic carbocycles. The number of hydrogen-bond acceptors (Lipinski definition) is 5. The fraction of sp³-hybridized carbons (Fsp3) is 0.143. The Balaban J connectivity index is 1.84. The molecule has 0 amide bonds. The van der Waals surface area contributed by atoms with Gasteiger partial charge >= 0.3 is 5.63 Å². The first kappa shape index (κ1) is 15.7. The van der Waals surface area contributed by atoms with Gasteiger partial charge in [0.1, 0.15) is 11.3 Å². The molecule has 2 aromatic carbocycles. The number of aromatic nitrogens is 2. The van der Waals surface area contributed by atoms with E-state index in [2.05, 4.69) is 15.5 Å². The average Bonchev–Trinajstić information content (AvgIpc) is 3.07. The third-order valence-corrected chi connectivity index (χ3v) is 5.11. The Hall–Kier alpha value is -3.54. The summed E-state index contributed by atoms with van der Waals surface area (Å²) in [6.07, 6.45) is 0. The van der Waals surface area contributed by atoms with Gasteiger partial charge < -0.3 is 14.5 Å². The van der Waals surface area contributed by atoms with Crippen molar-refractivity contribution in [2.24, 2.45) is 0 Å². The molecular formula is C21H17N3O3. The molecule has 6 nitrogen and oxygen atoms in total. The molecule has 2 aromatic heterocycles. The Labute approximate surface area is 154 Å². The van der Waals surface area contributed by atoms with Crippen LogP contribution in [-0.4, -0.2) is 17.3 Å². The predicted octanol–water partition coefficient (Wildman–Crippen LogP) is 4.07. The van der Waals surface area contributed by atoms with E-state index in [1.807, 2.05) is 49.4 Å². The number of H-pyrrole nitrogens is 1. The summed E-state index contributed by atoms with van der Waals surface area (Å²) in [6, 6.07) is 15.3. The minimum absolute atomic E-state index is 0.276. The van der Waals surface area contributed by atoms with E-state index in [9.17, 15) is 4.79 Å². The van der Waals surface area contributed by atoms with E-state index in [1.165, 1.54) is 0 Å². The second-order valence-electron chi connectivity index (χ2n) is 6.62. The quantitative estimate of drug-likeness (QED) is 0.465. The molecule has 1 unspecified atom stereocenters. The summed E-state index contributed by atoms with van der Waals surface area (Å²) in [5.41, 5.74) is 4.40. The lowest BCUT2D eigenvalue weighted by atomic mass is 9.82. The van der Waals surface area contributed by atoms with Crippen molar-refractivity contribution < 1.29 is 9.15 Å². The Morgan fingerprint density at radius 2 is 1.85 bits per heavy atom. The number of fused-ring (bicyclic) bond motifs is 4. The van der Waals surface area contributed by atoms with Gasteiger partial charge in [0.05, 0.1) is 18.4 Å². The van der Waals surface area contributed by atoms with E-state index in [1.54, 1.807) is 13.2 Å². The molecule has 3 heterocycles. The first-order chi connectivity index (χ1) is 13.2. The van der Waals surface area contributed by atoms with Crippen molar-refractivity contribution in [1.29, 1.82) is 0 Å². The molecule has 1 aliphatic rings. The average molecular weight is 359 g/mol. The molecule has 4 aromatic rings. The van der Waals surface area contributed by atoms with E-state index in [-0.39, 0.29) is 11.5 Å². The standard InChI is InChI=1S/C21H17N3O3/c1-11-16-17(12-7-9-13(26-2)10-8-12)18-19(22-20(16)24-23-11)14-5-3-4-6-15(14)27-21(18)25/h3-10,17H,1-2H3,(H2,22,23,24). The molecule has 0 fully saturated rings. The summed E-state index contributed by atoms with van der Waals surface area (Å²) >= 11 is 0. The van der Waals surface area contributed by atoms with Gasteiger partial charge in [-0.3, -0.25) is 5.10 Å². The molecule has 0 radical (unpaired) electrons. The van der Waals surface area contributed by atoms with E-state index in [0.717, 1.165) is 39.5 Å². The lowest BCUT2D eigenvalue weighted by molar-refractivity contribution is 0.414. The maximum absolute atomic E-state index is 13.0. The molecule has 0 saturated carbocycles. The van der Waals surface area contributed by atoms with Gasteiger partial charge in [-0.2, -0.15) is 5.10 Å². The number of anilines is 2. The van der Waals surface area contributed by atoms with Crippen molar-refractivity contribution in [2.75, 3.05) is 12.4 Å². The van der Waals surface area contributed by atoms with Crippen LogP contribution >= 0.6 is 0 Å². The van der Waals surface area contributed by atoms with Crippen molar-refractivity contribution in [3.8, 4) is 5.75 Å². The summed E-state index contributed by atoms with van der Waals surface area (Å²) in [5.74, 6) is 1.22. The minimum atomic E-state index is -0.344. The largest absolute Gasteiger partial charge is 0.497 e. The zero-order chi connectivity index (χ0) is 18.5. The second-order valence-corrected chi connectivity index (χ2v) is 6.62. The number of nitrogens with zero attached hydrogens (tertiary/aromatic N) is 1. The highest BCUT2D eigenvalue weighted by molar-refractivity contribution is 5.95. The Morgan fingerprint density at radius 1 is 1.07 bits per heavy atom. The molecule has 1 atom stereocenters. The SMILES string of the molecule is COc1ccc(C2c3c(n[nH]c3C)Nc3c2c(=O)oc2ccccc32)cc1. The summed E-state index contributed by atoms with van der Waals surface area (Å²) in [4.78, 5) is 13.0. The number of methoxy groups -OCH3 is 1. The van der Waals surface area contributed by atoms with E-state index < -0.39 is 0 Å². The van der Waals surface area contributed by atoms with Crippen molar-refractivity contribution >= 4 is 22.5 Å². The topological polar surface area (TPSA) is 80.1 Å². The number of hydrogen-bond donors (Lipinski definition) is 2. The number of aryl methyl sites for hydroxylation is 1. The van der Waals surface area contributed by atoms with Crippen LogP contribution in [-0.2, 0) is 0 Å². The van der Waals surface area contributed by atoms with Crippen LogP contribution < -0.4 is 15.7 Å². The van der Waals surface area contributed by atoms with Crippen LogP contribution in [0.3, 0.4) is 0 Å². The zero-order valence-corrected chi connectivity index (χ0v) is 14.9. The van der Waals surface area contributed by atoms with Crippen LogP contribution in [0.5, 0.6) is 5.75 Å². The Morgan fingerprint density at radius 3 is 2.63 bits per heavy atom. The third-order valence-electron chi connectivity index (χ3n) is 5.11. The van der Waals surface area contributed by atoms with Crippen LogP contribution in [0.2, 0.25) is 0 Å². The molecule has 5 rings (SSSR count). The highest BCUT2D eigenvalue weighted by Crippen LogP contribution is 2.46. The number of para-hydroxylation sites is 1. The van der Waals surface area contributed by atoms with Crippen molar-refractivity contribution in [2.45, 2.75) is 12.8 Å². The van der Waals surface area contributed by atoms with E-state index >= 15 is 0 Å². The van der Waals surface area contributed by atoms with Gasteiger partial charge in [-0.05, 0) is 36.8 Å². The van der Waals surface area contributed by atoms with Gasteiger partial charge in [0.2, 0.25) is 0 Å². The molecule has 0 saturated heterocycles. The van der Waals surface area contributed by atoms with Gasteiger partial charge in [0.25, 0.3) is 0 Å². The Bertz CT molecular complexity index is 1220. The molecule has 6 heteroatoms. The monoisotopic (exact) mass is 359 g/mol. The molecule has 2 N–H and O–H groups in total. The molecule has 0 bridgehead atoms. The van der Waals surface area contributed by atoms with Gasteiger partial charge in [0, 0.05) is 22.6 Å². The number of aromatic amines is 1. The highest BCUT2D eigenvalue weighted by atomic mass is 16.5. The number of benzene rings is 2. The van der Waals surface area contributed by atoms with Crippen LogP contribution in [0.4, 0.5) is 11.5 Å². The zero-order valence-electron chi connectivity index (χ0n) is 14.9. The second kappa shape index (κ2) is 5.74. The number of ether oxygens (including phenoxy) is 1. The predicted molar refractivity (Wildman–Crippen MR) is 103 cm³/mol. The van der Waals surface area contributed by atoms with Crippen LogP contribution in [0, 0.1) is 6.92 Å². The molecule has 1 aliphatic heterocycles. The first-order valence-corrected chi connectivity index (χ1v) is 8.69. The minimum Gasteiger partial charge on any atom is -0.497 e. The fourth-order valence-corrected chi connectivity index (χ4v) is 3.84. The van der Waals surface area contributed by atoms with Crippen LogP contribution in [0.15, 0.2) is 57.7 Å². The van der Waals surface area contributed by atoms with Crippen LogP contribution in [0.25, 0.3) is 11.0 Å². The number of nitrogens with one attached hydrogen (secondary N) is 2. The maximum atomic E-state index is 13.0. The first-order valence-electron chi connectivity index (χ1n) is 8.69. The summed E-state index contributed by atoms with van der Waals surface area (Å²) in [7, 11) is 1.63. The molecule has 134 valence electrons. The lowest BCUT2D eigenvalue weighted by Crippen LogP contribution is -2.22. The summed E-state index contributed by atoms with van der Waals surface area (Å²) < 4.78 is 10.9. The Kier molecular flexibility index (Phi) is 3.33. The van der Waals surface area contributed by atoms with Crippen LogP contribution in [0.1, 0.15) is 28.3 Å². The third kappa shape index (κ3) is 2.26. The molecule has 27 heavy (non-hydrogen) atoms. The normalized spacial score (nSPS) is 15.1. The maximum Gasteiger partial charge on any atom is 0.342 e. The van der Waals surface area contributed by atoms with Crippen molar-refractivity contribution in [3.63, 3.8) is 0 Å². The molecular weight excluding hydrogens is 342 g/mol. The van der Waals surface area contributed by atoms with Gasteiger partial charge in [-0.15, -0.1) is 0 Å².